The summed E-state index contributed by atoms with van der Waals surface area (Å²) in [5.41, 5.74) is 2.03. The molecule has 3 amide bonds. The summed E-state index contributed by atoms with van der Waals surface area (Å²) in [7, 11) is 3.02. The maximum Gasteiger partial charge on any atom is 0.272 e. The summed E-state index contributed by atoms with van der Waals surface area (Å²) in [6.07, 6.45) is 2.11. The van der Waals surface area contributed by atoms with E-state index in [2.05, 4.69) is 16.0 Å². The van der Waals surface area contributed by atoms with Crippen LogP contribution in [-0.4, -0.2) is 43.8 Å². The van der Waals surface area contributed by atoms with Crippen molar-refractivity contribution in [3.8, 4) is 17.2 Å². The van der Waals surface area contributed by atoms with Crippen LogP contribution in [0.2, 0.25) is 0 Å². The Kier molecular flexibility index (Phi) is 12.3. The third kappa shape index (κ3) is 8.92. The Hall–Kier alpha value is -5.22. The van der Waals surface area contributed by atoms with Crippen LogP contribution in [0.3, 0.4) is 0 Å². The maximum atomic E-state index is 13.7. The second kappa shape index (κ2) is 16.7. The molecule has 0 aliphatic carbocycles. The Morgan fingerprint density at radius 1 is 0.804 bits per heavy atom. The highest BCUT2D eigenvalue weighted by atomic mass is 32.2. The fourth-order valence-corrected chi connectivity index (χ4v) is 5.53. The fraction of sp³-hybridized carbons (Fsp3) is 0.194. The van der Waals surface area contributed by atoms with E-state index < -0.39 is 17.1 Å². The number of para-hydroxylation sites is 3. The molecule has 4 rings (SSSR count). The number of amides is 3. The molecule has 9 nitrogen and oxygen atoms in total. The number of methoxy groups -OCH3 is 2. The van der Waals surface area contributed by atoms with E-state index in [4.69, 9.17) is 14.2 Å². The number of ether oxygens (including phenoxy) is 3. The molecule has 0 heterocycles. The second-order valence-corrected chi connectivity index (χ2v) is 11.2. The third-order valence-corrected chi connectivity index (χ3v) is 8.10. The van der Waals surface area contributed by atoms with E-state index in [0.29, 0.717) is 52.8 Å². The standard InChI is InChI=1S/C36H37N3O6S/c1-5-32(36(42)38-28-19-10-11-20-30(28)45-6-2)46-27-18-13-17-26(23-27)37-35(41)29(39-34(40)24-14-8-7-9-15-24)22-25-16-12-21-31(43-3)33(25)44-4/h7-23,32H,5-6H2,1-4H3,(H,37,41)(H,38,42)(H,39,40)/b29-22+. The minimum absolute atomic E-state index is 0.00256. The SMILES string of the molecule is CCOc1ccccc1NC(=O)C(CC)Sc1cccc(NC(=O)/C(=C\c2cccc(OC)c2OC)NC(=O)c2ccccc2)c1. The van der Waals surface area contributed by atoms with Crippen LogP contribution >= 0.6 is 11.8 Å². The number of thioether (sulfide) groups is 1. The molecule has 3 N–H and O–H groups in total. The Balaban J connectivity index is 1.55. The van der Waals surface area contributed by atoms with Gasteiger partial charge < -0.3 is 30.2 Å². The third-order valence-electron chi connectivity index (χ3n) is 6.74. The van der Waals surface area contributed by atoms with E-state index in [1.807, 2.05) is 38.1 Å². The van der Waals surface area contributed by atoms with Gasteiger partial charge in [0, 0.05) is 21.7 Å². The molecule has 0 bridgehead atoms. The Bertz CT molecular complexity index is 1690. The van der Waals surface area contributed by atoms with E-state index in [1.54, 1.807) is 72.8 Å². The molecule has 238 valence electrons. The fourth-order valence-electron chi connectivity index (χ4n) is 4.52. The van der Waals surface area contributed by atoms with Crippen molar-refractivity contribution in [1.82, 2.24) is 5.32 Å². The lowest BCUT2D eigenvalue weighted by Crippen LogP contribution is -2.30. The highest BCUT2D eigenvalue weighted by molar-refractivity contribution is 8.00. The lowest BCUT2D eigenvalue weighted by molar-refractivity contribution is -0.116. The van der Waals surface area contributed by atoms with Crippen LogP contribution in [0.15, 0.2) is 108 Å². The van der Waals surface area contributed by atoms with Gasteiger partial charge in [-0.3, -0.25) is 14.4 Å². The Morgan fingerprint density at radius 3 is 2.24 bits per heavy atom. The second-order valence-electron chi connectivity index (χ2n) is 9.88. The van der Waals surface area contributed by atoms with Gasteiger partial charge in [0.05, 0.1) is 31.8 Å². The van der Waals surface area contributed by atoms with Crippen LogP contribution in [0.4, 0.5) is 11.4 Å². The monoisotopic (exact) mass is 639 g/mol. The first-order chi connectivity index (χ1) is 22.4. The van der Waals surface area contributed by atoms with Crippen molar-refractivity contribution in [2.24, 2.45) is 0 Å². The van der Waals surface area contributed by atoms with Gasteiger partial charge in [-0.05, 0) is 68.0 Å². The van der Waals surface area contributed by atoms with Gasteiger partial charge >= 0.3 is 0 Å². The van der Waals surface area contributed by atoms with Gasteiger partial charge in [-0.2, -0.15) is 0 Å². The summed E-state index contributed by atoms with van der Waals surface area (Å²) in [6.45, 7) is 4.31. The number of carbonyl (C=O) groups excluding carboxylic acids is 3. The summed E-state index contributed by atoms with van der Waals surface area (Å²) in [5, 5.41) is 8.20. The summed E-state index contributed by atoms with van der Waals surface area (Å²) in [6, 6.07) is 28.4. The summed E-state index contributed by atoms with van der Waals surface area (Å²) < 4.78 is 16.6. The van der Waals surface area contributed by atoms with Gasteiger partial charge in [0.1, 0.15) is 11.4 Å². The average molecular weight is 640 g/mol. The van der Waals surface area contributed by atoms with E-state index >= 15 is 0 Å². The van der Waals surface area contributed by atoms with E-state index in [1.165, 1.54) is 32.1 Å². The molecule has 0 saturated carbocycles. The van der Waals surface area contributed by atoms with Crippen molar-refractivity contribution < 1.29 is 28.6 Å². The predicted octanol–water partition coefficient (Wildman–Crippen LogP) is 7.02. The average Bonchev–Trinajstić information content (AvgIpc) is 3.08. The lowest BCUT2D eigenvalue weighted by atomic mass is 10.1. The largest absolute Gasteiger partial charge is 0.493 e. The number of anilines is 2. The van der Waals surface area contributed by atoms with Gasteiger partial charge in [0.15, 0.2) is 11.5 Å². The molecule has 4 aromatic carbocycles. The van der Waals surface area contributed by atoms with Gasteiger partial charge in [0.25, 0.3) is 11.8 Å². The predicted molar refractivity (Wildman–Crippen MR) is 183 cm³/mol. The Morgan fingerprint density at radius 2 is 1.52 bits per heavy atom. The molecule has 10 heteroatoms. The molecule has 46 heavy (non-hydrogen) atoms. The normalized spacial score (nSPS) is 11.6. The van der Waals surface area contributed by atoms with E-state index in [9.17, 15) is 14.4 Å². The minimum atomic E-state index is -0.548. The van der Waals surface area contributed by atoms with Crippen molar-refractivity contribution in [3.05, 3.63) is 114 Å². The number of hydrogen-bond donors (Lipinski definition) is 3. The zero-order chi connectivity index (χ0) is 32.9. The van der Waals surface area contributed by atoms with Gasteiger partial charge in [-0.25, -0.2) is 0 Å². The lowest BCUT2D eigenvalue weighted by Gasteiger charge is -2.17. The van der Waals surface area contributed by atoms with Crippen LogP contribution in [0.1, 0.15) is 36.2 Å². The quantitative estimate of drug-likeness (QED) is 0.100. The van der Waals surface area contributed by atoms with Crippen molar-refractivity contribution in [2.45, 2.75) is 30.4 Å². The van der Waals surface area contributed by atoms with E-state index in [-0.39, 0.29) is 11.6 Å². The molecule has 0 fully saturated rings. The molecule has 0 spiro atoms. The Labute approximate surface area is 273 Å². The number of rotatable bonds is 14. The first kappa shape index (κ1) is 33.7. The summed E-state index contributed by atoms with van der Waals surface area (Å²) in [4.78, 5) is 40.8. The first-order valence-electron chi connectivity index (χ1n) is 14.8. The maximum absolute atomic E-state index is 13.7. The smallest absolute Gasteiger partial charge is 0.272 e. The molecular formula is C36H37N3O6S. The van der Waals surface area contributed by atoms with E-state index in [0.717, 1.165) is 4.90 Å². The molecule has 0 aliphatic rings. The van der Waals surface area contributed by atoms with Crippen LogP contribution < -0.4 is 30.2 Å². The molecule has 4 aromatic rings. The highest BCUT2D eigenvalue weighted by Gasteiger charge is 2.21. The van der Waals surface area contributed by atoms with Crippen molar-refractivity contribution in [2.75, 3.05) is 31.5 Å². The molecule has 0 aromatic heterocycles. The molecule has 0 aliphatic heterocycles. The zero-order valence-electron chi connectivity index (χ0n) is 26.2. The van der Waals surface area contributed by atoms with Crippen LogP contribution in [0.25, 0.3) is 6.08 Å². The van der Waals surface area contributed by atoms with Gasteiger partial charge in [0.2, 0.25) is 5.91 Å². The number of benzene rings is 4. The van der Waals surface area contributed by atoms with Crippen LogP contribution in [0, 0.1) is 0 Å². The molecule has 1 atom stereocenters. The first-order valence-corrected chi connectivity index (χ1v) is 15.6. The van der Waals surface area contributed by atoms with Crippen molar-refractivity contribution >= 4 is 46.9 Å². The minimum Gasteiger partial charge on any atom is -0.493 e. The highest BCUT2D eigenvalue weighted by Crippen LogP contribution is 2.33. The van der Waals surface area contributed by atoms with Crippen LogP contribution in [-0.2, 0) is 9.59 Å². The van der Waals surface area contributed by atoms with Crippen molar-refractivity contribution in [3.63, 3.8) is 0 Å². The zero-order valence-corrected chi connectivity index (χ0v) is 27.0. The number of hydrogen-bond acceptors (Lipinski definition) is 7. The van der Waals surface area contributed by atoms with Gasteiger partial charge in [-0.15, -0.1) is 11.8 Å². The molecular weight excluding hydrogens is 602 g/mol. The summed E-state index contributed by atoms with van der Waals surface area (Å²) >= 11 is 1.39. The topological polar surface area (TPSA) is 115 Å². The molecule has 0 radical (unpaired) electrons. The van der Waals surface area contributed by atoms with Crippen LogP contribution in [0.5, 0.6) is 17.2 Å². The molecule has 1 unspecified atom stereocenters. The summed E-state index contributed by atoms with van der Waals surface area (Å²) in [5.74, 6) is 0.346. The number of nitrogens with one attached hydrogen (secondary N) is 3. The van der Waals surface area contributed by atoms with Gasteiger partial charge in [-0.1, -0.05) is 55.5 Å². The van der Waals surface area contributed by atoms with Crippen molar-refractivity contribution in [1.29, 1.82) is 0 Å². The number of carbonyl (C=O) groups is 3. The molecule has 0 saturated heterocycles.